The summed E-state index contributed by atoms with van der Waals surface area (Å²) < 4.78 is 5.97. The van der Waals surface area contributed by atoms with Crippen LogP contribution >= 0.6 is 24.0 Å². The molecule has 1 aliphatic heterocycles. The molecule has 4 nitrogen and oxygen atoms in total. The fourth-order valence-electron chi connectivity index (χ4n) is 3.64. The smallest absolute Gasteiger partial charge is 0.122 e. The molecule has 0 spiro atoms. The van der Waals surface area contributed by atoms with E-state index in [1.54, 1.807) is 0 Å². The normalized spacial score (nSPS) is 16.8. The number of rotatable bonds is 8. The largest absolute Gasteiger partial charge is 0.491 e. The van der Waals surface area contributed by atoms with E-state index in [1.807, 2.05) is 36.4 Å². The van der Waals surface area contributed by atoms with Gasteiger partial charge >= 0.3 is 0 Å². The quantitative estimate of drug-likeness (QED) is 0.639. The molecule has 0 aliphatic carbocycles. The van der Waals surface area contributed by atoms with Gasteiger partial charge in [0, 0.05) is 43.4 Å². The summed E-state index contributed by atoms with van der Waals surface area (Å²) in [7, 11) is 0. The average molecular weight is 439 g/mol. The van der Waals surface area contributed by atoms with Crippen molar-refractivity contribution in [1.29, 1.82) is 0 Å². The lowest BCUT2D eigenvalue weighted by molar-refractivity contribution is 0.0658. The Hall–Kier alpha value is -1.46. The van der Waals surface area contributed by atoms with Gasteiger partial charge in [0.05, 0.1) is 0 Å². The third kappa shape index (κ3) is 6.78. The summed E-state index contributed by atoms with van der Waals surface area (Å²) in [5.41, 5.74) is 2.38. The minimum Gasteiger partial charge on any atom is -0.491 e. The second kappa shape index (κ2) is 11.7. The van der Waals surface area contributed by atoms with Crippen molar-refractivity contribution in [3.05, 3.63) is 59.1 Å². The Morgan fingerprint density at radius 2 is 1.79 bits per heavy atom. The standard InChI is InChI=1S/C23H31ClN2O2.ClH/c1-3-18(2)22-9-4-5-10-23(22)28-17-21(27)16-25-11-13-26(14-12-25)20-8-6-7-19(24)15-20;/h4-10,15,18,21,27H,3,11-14,16-17H2,1-2H3;1H. The first kappa shape index (κ1) is 23.8. The third-order valence-electron chi connectivity index (χ3n) is 5.51. The zero-order valence-electron chi connectivity index (χ0n) is 17.3. The van der Waals surface area contributed by atoms with Gasteiger partial charge < -0.3 is 14.7 Å². The maximum atomic E-state index is 10.5. The van der Waals surface area contributed by atoms with E-state index in [1.165, 1.54) is 5.56 Å². The van der Waals surface area contributed by atoms with Crippen LogP contribution in [0.2, 0.25) is 5.02 Å². The first-order chi connectivity index (χ1) is 13.6. The summed E-state index contributed by atoms with van der Waals surface area (Å²) in [6, 6.07) is 16.1. The van der Waals surface area contributed by atoms with Gasteiger partial charge in [0.15, 0.2) is 0 Å². The monoisotopic (exact) mass is 438 g/mol. The van der Waals surface area contributed by atoms with Crippen LogP contribution in [-0.4, -0.2) is 55.4 Å². The SMILES string of the molecule is CCC(C)c1ccccc1OCC(O)CN1CCN(c2cccc(Cl)c2)CC1.Cl. The molecule has 2 aromatic carbocycles. The van der Waals surface area contributed by atoms with Crippen LogP contribution < -0.4 is 9.64 Å². The predicted molar refractivity (Wildman–Crippen MR) is 124 cm³/mol. The molecule has 1 saturated heterocycles. The molecule has 2 unspecified atom stereocenters. The highest BCUT2D eigenvalue weighted by molar-refractivity contribution is 6.30. The van der Waals surface area contributed by atoms with E-state index in [-0.39, 0.29) is 12.4 Å². The Morgan fingerprint density at radius 3 is 2.48 bits per heavy atom. The van der Waals surface area contributed by atoms with Gasteiger partial charge in [-0.25, -0.2) is 0 Å². The molecule has 1 aliphatic rings. The average Bonchev–Trinajstić information content (AvgIpc) is 2.72. The van der Waals surface area contributed by atoms with Gasteiger partial charge in [-0.3, -0.25) is 4.90 Å². The van der Waals surface area contributed by atoms with Crippen LogP contribution in [-0.2, 0) is 0 Å². The van der Waals surface area contributed by atoms with E-state index in [2.05, 4.69) is 35.8 Å². The van der Waals surface area contributed by atoms with Crippen LogP contribution in [0.25, 0.3) is 0 Å². The van der Waals surface area contributed by atoms with E-state index in [9.17, 15) is 5.11 Å². The van der Waals surface area contributed by atoms with Gasteiger partial charge in [0.2, 0.25) is 0 Å². The van der Waals surface area contributed by atoms with Gasteiger partial charge in [-0.05, 0) is 42.2 Å². The molecule has 29 heavy (non-hydrogen) atoms. The number of β-amino-alcohol motifs (C(OH)–C–C–N with tert-alkyl or cyclic N) is 1. The zero-order chi connectivity index (χ0) is 19.9. The molecule has 0 saturated carbocycles. The molecule has 1 fully saturated rings. The van der Waals surface area contributed by atoms with Gasteiger partial charge in [-0.15, -0.1) is 12.4 Å². The number of aliphatic hydroxyl groups is 1. The van der Waals surface area contributed by atoms with Crippen LogP contribution in [0, 0.1) is 0 Å². The summed E-state index contributed by atoms with van der Waals surface area (Å²) in [4.78, 5) is 4.64. The maximum absolute atomic E-state index is 10.5. The molecular weight excluding hydrogens is 407 g/mol. The minimum absolute atomic E-state index is 0. The number of para-hydroxylation sites is 1. The zero-order valence-corrected chi connectivity index (χ0v) is 18.8. The van der Waals surface area contributed by atoms with Crippen molar-refractivity contribution in [3.8, 4) is 5.75 Å². The van der Waals surface area contributed by atoms with Crippen LogP contribution in [0.5, 0.6) is 5.75 Å². The van der Waals surface area contributed by atoms with E-state index in [0.29, 0.717) is 19.1 Å². The summed E-state index contributed by atoms with van der Waals surface area (Å²) >= 11 is 6.10. The fourth-order valence-corrected chi connectivity index (χ4v) is 3.82. The van der Waals surface area contributed by atoms with Crippen LogP contribution in [0.1, 0.15) is 31.7 Å². The van der Waals surface area contributed by atoms with Crippen molar-refractivity contribution in [1.82, 2.24) is 4.90 Å². The predicted octanol–water partition coefficient (Wildman–Crippen LogP) is 4.84. The number of ether oxygens (including phenoxy) is 1. The topological polar surface area (TPSA) is 35.9 Å². The van der Waals surface area contributed by atoms with Crippen molar-refractivity contribution in [2.24, 2.45) is 0 Å². The summed E-state index contributed by atoms with van der Waals surface area (Å²) in [6.07, 6.45) is 0.572. The second-order valence-electron chi connectivity index (χ2n) is 7.58. The highest BCUT2D eigenvalue weighted by atomic mass is 35.5. The van der Waals surface area contributed by atoms with Gasteiger partial charge in [0.1, 0.15) is 18.5 Å². The molecule has 160 valence electrons. The molecule has 2 aromatic rings. The number of piperazine rings is 1. The van der Waals surface area contributed by atoms with E-state index in [0.717, 1.165) is 49.1 Å². The molecule has 0 aromatic heterocycles. The molecule has 1 N–H and O–H groups in total. The Balaban J connectivity index is 0.00000300. The fraction of sp³-hybridized carbons (Fsp3) is 0.478. The van der Waals surface area contributed by atoms with Crippen molar-refractivity contribution >= 4 is 29.7 Å². The summed E-state index contributed by atoms with van der Waals surface area (Å²) in [6.45, 7) is 9.06. The Bertz CT molecular complexity index is 751. The van der Waals surface area contributed by atoms with Crippen LogP contribution in [0.4, 0.5) is 5.69 Å². The number of aliphatic hydroxyl groups excluding tert-OH is 1. The lowest BCUT2D eigenvalue weighted by Gasteiger charge is -2.37. The summed E-state index contributed by atoms with van der Waals surface area (Å²) in [5, 5.41) is 11.2. The van der Waals surface area contributed by atoms with Crippen molar-refractivity contribution in [2.75, 3.05) is 44.2 Å². The first-order valence-electron chi connectivity index (χ1n) is 10.2. The Labute approximate surface area is 185 Å². The number of nitrogens with zero attached hydrogens (tertiary/aromatic N) is 2. The van der Waals surface area contributed by atoms with Gasteiger partial charge in [-0.1, -0.05) is 49.7 Å². The maximum Gasteiger partial charge on any atom is 0.122 e. The molecule has 0 radical (unpaired) electrons. The number of anilines is 1. The Morgan fingerprint density at radius 1 is 1.07 bits per heavy atom. The number of hydrogen-bond donors (Lipinski definition) is 1. The lowest BCUT2D eigenvalue weighted by Crippen LogP contribution is -2.49. The molecule has 6 heteroatoms. The molecule has 0 bridgehead atoms. The van der Waals surface area contributed by atoms with E-state index < -0.39 is 6.10 Å². The Kier molecular flexibility index (Phi) is 9.57. The first-order valence-corrected chi connectivity index (χ1v) is 10.6. The third-order valence-corrected chi connectivity index (χ3v) is 5.74. The molecule has 3 rings (SSSR count). The highest BCUT2D eigenvalue weighted by Gasteiger charge is 2.20. The molecule has 0 amide bonds. The number of hydrogen-bond acceptors (Lipinski definition) is 4. The van der Waals surface area contributed by atoms with E-state index in [4.69, 9.17) is 16.3 Å². The van der Waals surface area contributed by atoms with Crippen LogP contribution in [0.3, 0.4) is 0 Å². The van der Waals surface area contributed by atoms with Crippen molar-refractivity contribution < 1.29 is 9.84 Å². The van der Waals surface area contributed by atoms with Gasteiger partial charge in [-0.2, -0.15) is 0 Å². The van der Waals surface area contributed by atoms with Crippen LogP contribution in [0.15, 0.2) is 48.5 Å². The molecular formula is C23H32Cl2N2O2. The lowest BCUT2D eigenvalue weighted by atomic mass is 9.98. The van der Waals surface area contributed by atoms with Gasteiger partial charge in [0.25, 0.3) is 0 Å². The minimum atomic E-state index is -0.497. The second-order valence-corrected chi connectivity index (χ2v) is 8.02. The number of halogens is 2. The molecule has 1 heterocycles. The van der Waals surface area contributed by atoms with Crippen molar-refractivity contribution in [3.63, 3.8) is 0 Å². The number of benzene rings is 2. The highest BCUT2D eigenvalue weighted by Crippen LogP contribution is 2.28. The molecule has 2 atom stereocenters. The summed E-state index contributed by atoms with van der Waals surface area (Å²) in [5.74, 6) is 1.34. The van der Waals surface area contributed by atoms with Crippen molar-refractivity contribution in [2.45, 2.75) is 32.3 Å². The van der Waals surface area contributed by atoms with E-state index >= 15 is 0 Å².